The Morgan fingerprint density at radius 1 is 1.11 bits per heavy atom. The molecular formula is C27H29FN6O2. The normalized spacial score (nSPS) is 14.9. The number of methoxy groups -OCH3 is 1. The maximum atomic E-state index is 13.7. The number of para-hydroxylation sites is 1. The molecule has 8 nitrogen and oxygen atoms in total. The molecule has 0 bridgehead atoms. The molecule has 1 unspecified atom stereocenters. The number of nitrogens with one attached hydrogen (secondary N) is 2. The van der Waals surface area contributed by atoms with E-state index in [2.05, 4.69) is 10.6 Å². The summed E-state index contributed by atoms with van der Waals surface area (Å²) in [5.74, 6) is 0.859. The second-order valence-electron chi connectivity index (χ2n) is 8.96. The Balaban J connectivity index is 1.58. The molecule has 0 amide bonds. The number of aromatic nitrogens is 4. The van der Waals surface area contributed by atoms with Gasteiger partial charge in [0.25, 0.3) is 5.56 Å². The van der Waals surface area contributed by atoms with Crippen molar-refractivity contribution in [2.24, 2.45) is 5.92 Å². The molecule has 0 fully saturated rings. The monoisotopic (exact) mass is 488 g/mol. The zero-order valence-electron chi connectivity index (χ0n) is 20.4. The van der Waals surface area contributed by atoms with Gasteiger partial charge in [-0.05, 0) is 48.9 Å². The van der Waals surface area contributed by atoms with Crippen molar-refractivity contribution >= 4 is 5.82 Å². The molecule has 1 aliphatic rings. The fourth-order valence-corrected chi connectivity index (χ4v) is 4.51. The second kappa shape index (κ2) is 10.4. The molecule has 0 saturated carbocycles. The van der Waals surface area contributed by atoms with E-state index >= 15 is 0 Å². The lowest BCUT2D eigenvalue weighted by atomic mass is 10.0. The third-order valence-electron chi connectivity index (χ3n) is 6.38. The third-order valence-corrected chi connectivity index (χ3v) is 6.38. The number of anilines is 1. The predicted octanol–water partition coefficient (Wildman–Crippen LogP) is 3.49. The van der Waals surface area contributed by atoms with Gasteiger partial charge in [-0.3, -0.25) is 4.79 Å². The van der Waals surface area contributed by atoms with Gasteiger partial charge in [0.05, 0.1) is 23.6 Å². The Bertz CT molecular complexity index is 1410. The number of benzene rings is 2. The van der Waals surface area contributed by atoms with Crippen LogP contribution in [0.15, 0.2) is 65.5 Å². The van der Waals surface area contributed by atoms with Gasteiger partial charge in [-0.25, -0.2) is 9.07 Å². The molecule has 9 heteroatoms. The molecule has 0 radical (unpaired) electrons. The van der Waals surface area contributed by atoms with Gasteiger partial charge in [0.2, 0.25) is 0 Å². The van der Waals surface area contributed by atoms with E-state index in [4.69, 9.17) is 14.9 Å². The van der Waals surface area contributed by atoms with Gasteiger partial charge in [-0.2, -0.15) is 14.9 Å². The first-order chi connectivity index (χ1) is 17.5. The first-order valence-electron chi connectivity index (χ1n) is 12.0. The van der Waals surface area contributed by atoms with E-state index in [0.717, 1.165) is 47.8 Å². The Kier molecular flexibility index (Phi) is 6.92. The molecule has 3 heterocycles. The summed E-state index contributed by atoms with van der Waals surface area (Å²) in [4.78, 5) is 12.8. The number of nitrogens with zero attached hydrogens (tertiary/aromatic N) is 4. The smallest absolute Gasteiger partial charge is 0.271 e. The van der Waals surface area contributed by atoms with Crippen LogP contribution in [0.5, 0.6) is 0 Å². The van der Waals surface area contributed by atoms with Crippen LogP contribution < -0.4 is 16.2 Å². The van der Waals surface area contributed by atoms with Gasteiger partial charge in [-0.15, -0.1) is 0 Å². The van der Waals surface area contributed by atoms with Crippen LogP contribution in [0.2, 0.25) is 0 Å². The lowest BCUT2D eigenvalue weighted by Crippen LogP contribution is -2.36. The van der Waals surface area contributed by atoms with E-state index in [1.807, 2.05) is 35.9 Å². The summed E-state index contributed by atoms with van der Waals surface area (Å²) in [6.45, 7) is 5.70. The number of ether oxygens (including phenoxy) is 1. The summed E-state index contributed by atoms with van der Waals surface area (Å²) < 4.78 is 22.2. The minimum absolute atomic E-state index is 0.215. The minimum Gasteiger partial charge on any atom is -0.383 e. The second-order valence-corrected chi connectivity index (χ2v) is 8.96. The Morgan fingerprint density at radius 2 is 1.92 bits per heavy atom. The van der Waals surface area contributed by atoms with E-state index in [9.17, 15) is 9.18 Å². The molecule has 0 spiro atoms. The zero-order valence-corrected chi connectivity index (χ0v) is 20.4. The lowest BCUT2D eigenvalue weighted by Gasteiger charge is -2.26. The molecule has 0 saturated heterocycles. The number of aryl methyl sites for hydroxylation is 1. The highest BCUT2D eigenvalue weighted by Crippen LogP contribution is 2.38. The quantitative estimate of drug-likeness (QED) is 0.370. The van der Waals surface area contributed by atoms with Crippen LogP contribution in [0.1, 0.15) is 5.56 Å². The molecule has 4 aromatic rings. The van der Waals surface area contributed by atoms with Gasteiger partial charge in [0.1, 0.15) is 17.3 Å². The van der Waals surface area contributed by atoms with Crippen LogP contribution in [0.25, 0.3) is 28.2 Å². The van der Waals surface area contributed by atoms with Crippen LogP contribution in [-0.2, 0) is 11.3 Å². The lowest BCUT2D eigenvalue weighted by molar-refractivity contribution is 0.197. The zero-order chi connectivity index (χ0) is 25.1. The number of rotatable bonds is 8. The van der Waals surface area contributed by atoms with E-state index in [1.54, 1.807) is 25.3 Å². The maximum absolute atomic E-state index is 13.7. The number of halogens is 1. The number of fused-ring (bicyclic) bond motifs is 1. The largest absolute Gasteiger partial charge is 0.383 e. The summed E-state index contributed by atoms with van der Waals surface area (Å²) in [6, 6.07) is 17.2. The predicted molar refractivity (Wildman–Crippen MR) is 138 cm³/mol. The van der Waals surface area contributed by atoms with Gasteiger partial charge >= 0.3 is 0 Å². The molecule has 0 aliphatic carbocycles. The molecule has 2 aromatic carbocycles. The first kappa shape index (κ1) is 23.9. The standard InChI is InChI=1S/C27H29FN6O2/c1-18-5-3-4-6-23(18)34-24(35)12-11-22(31-34)25-26(20-7-9-21(28)10-8-20)32-33-17-19(16-30-27(25)33)15-29-13-14-36-2/h3-12,19,29-30H,13-17H2,1-2H3. The number of hydrogen-bond donors (Lipinski definition) is 2. The summed E-state index contributed by atoms with van der Waals surface area (Å²) in [5, 5.41) is 16.6. The molecule has 5 rings (SSSR count). The van der Waals surface area contributed by atoms with Crippen molar-refractivity contribution in [1.29, 1.82) is 0 Å². The van der Waals surface area contributed by atoms with Crippen LogP contribution in [0, 0.1) is 18.7 Å². The third kappa shape index (κ3) is 4.80. The van der Waals surface area contributed by atoms with E-state index in [-0.39, 0.29) is 11.4 Å². The van der Waals surface area contributed by atoms with Crippen molar-refractivity contribution in [3.8, 4) is 28.2 Å². The summed E-state index contributed by atoms with van der Waals surface area (Å²) in [7, 11) is 1.69. The Morgan fingerprint density at radius 3 is 2.69 bits per heavy atom. The highest BCUT2D eigenvalue weighted by molar-refractivity contribution is 5.87. The van der Waals surface area contributed by atoms with Gasteiger partial charge in [-0.1, -0.05) is 18.2 Å². The molecule has 1 aliphatic heterocycles. The van der Waals surface area contributed by atoms with Crippen molar-refractivity contribution in [2.75, 3.05) is 38.7 Å². The summed E-state index contributed by atoms with van der Waals surface area (Å²) in [5.41, 5.74) is 4.32. The average Bonchev–Trinajstić information content (AvgIpc) is 3.27. The molecule has 186 valence electrons. The molecular weight excluding hydrogens is 459 g/mol. The number of hydrogen-bond acceptors (Lipinski definition) is 6. The highest BCUT2D eigenvalue weighted by atomic mass is 19.1. The van der Waals surface area contributed by atoms with Crippen LogP contribution in [0.4, 0.5) is 10.2 Å². The Labute approximate surface area is 208 Å². The first-order valence-corrected chi connectivity index (χ1v) is 12.0. The molecule has 36 heavy (non-hydrogen) atoms. The SMILES string of the molecule is COCCNCC1CNc2c(-c3ccc(=O)n(-c4ccccc4C)n3)c(-c3ccc(F)cc3)nn2C1. The van der Waals surface area contributed by atoms with Crippen molar-refractivity contribution < 1.29 is 9.13 Å². The Hall–Kier alpha value is -3.82. The maximum Gasteiger partial charge on any atom is 0.271 e. The topological polar surface area (TPSA) is 86.0 Å². The van der Waals surface area contributed by atoms with Gasteiger partial charge in [0.15, 0.2) is 0 Å². The molecule has 1 atom stereocenters. The summed E-state index contributed by atoms with van der Waals surface area (Å²) >= 11 is 0. The van der Waals surface area contributed by atoms with E-state index < -0.39 is 0 Å². The minimum atomic E-state index is -0.309. The summed E-state index contributed by atoms with van der Waals surface area (Å²) in [6.07, 6.45) is 0. The molecule has 2 aromatic heterocycles. The average molecular weight is 489 g/mol. The van der Waals surface area contributed by atoms with E-state index in [1.165, 1.54) is 22.9 Å². The van der Waals surface area contributed by atoms with Crippen molar-refractivity contribution in [3.05, 3.63) is 82.4 Å². The van der Waals surface area contributed by atoms with Gasteiger partial charge < -0.3 is 15.4 Å². The van der Waals surface area contributed by atoms with Crippen molar-refractivity contribution in [3.63, 3.8) is 0 Å². The van der Waals surface area contributed by atoms with Crippen molar-refractivity contribution in [1.82, 2.24) is 24.9 Å². The van der Waals surface area contributed by atoms with Crippen LogP contribution >= 0.6 is 0 Å². The fraction of sp³-hybridized carbons (Fsp3) is 0.296. The highest BCUT2D eigenvalue weighted by Gasteiger charge is 2.27. The van der Waals surface area contributed by atoms with Crippen LogP contribution in [-0.4, -0.2) is 52.9 Å². The van der Waals surface area contributed by atoms with Crippen molar-refractivity contribution in [2.45, 2.75) is 13.5 Å². The van der Waals surface area contributed by atoms with Crippen LogP contribution in [0.3, 0.4) is 0 Å². The fourth-order valence-electron chi connectivity index (χ4n) is 4.51. The van der Waals surface area contributed by atoms with E-state index in [0.29, 0.717) is 30.5 Å². The van der Waals surface area contributed by atoms with Gasteiger partial charge in [0, 0.05) is 50.8 Å². The molecule has 2 N–H and O–H groups in total.